The van der Waals surface area contributed by atoms with Gasteiger partial charge in [0.2, 0.25) is 5.91 Å². The normalized spacial score (nSPS) is 16.0. The topological polar surface area (TPSA) is 57.7 Å². The summed E-state index contributed by atoms with van der Waals surface area (Å²) in [5.41, 5.74) is 0. The van der Waals surface area contributed by atoms with Gasteiger partial charge in [-0.25, -0.2) is 17.2 Å². The maximum Gasteiger partial charge on any atom is 0.252 e. The second-order valence-electron chi connectivity index (χ2n) is 5.58. The van der Waals surface area contributed by atoms with Crippen molar-refractivity contribution in [1.29, 1.82) is 0 Å². The van der Waals surface area contributed by atoms with E-state index in [4.69, 9.17) is 0 Å². The SMILES string of the molecule is O=C(CSc1cc(F)ccc1F)N1CCN(S(=O)(=O)c2cccs2)CC1. The van der Waals surface area contributed by atoms with Crippen molar-refractivity contribution in [1.82, 2.24) is 9.21 Å². The van der Waals surface area contributed by atoms with Gasteiger partial charge in [-0.3, -0.25) is 4.79 Å². The Balaban J connectivity index is 1.55. The van der Waals surface area contributed by atoms with Gasteiger partial charge in [-0.05, 0) is 29.6 Å². The van der Waals surface area contributed by atoms with Crippen LogP contribution in [0.2, 0.25) is 0 Å². The molecule has 0 saturated carbocycles. The third-order valence-corrected chi connectivity index (χ3v) is 8.21. The summed E-state index contributed by atoms with van der Waals surface area (Å²) in [5.74, 6) is -1.39. The highest BCUT2D eigenvalue weighted by molar-refractivity contribution is 8.00. The van der Waals surface area contributed by atoms with E-state index >= 15 is 0 Å². The second-order valence-corrected chi connectivity index (χ2v) is 9.71. The van der Waals surface area contributed by atoms with Gasteiger partial charge in [0.25, 0.3) is 10.0 Å². The van der Waals surface area contributed by atoms with Crippen molar-refractivity contribution in [3.8, 4) is 0 Å². The lowest BCUT2D eigenvalue weighted by molar-refractivity contribution is -0.129. The second kappa shape index (κ2) is 8.03. The molecule has 2 aromatic rings. The van der Waals surface area contributed by atoms with E-state index in [9.17, 15) is 22.0 Å². The van der Waals surface area contributed by atoms with Crippen LogP contribution in [-0.2, 0) is 14.8 Å². The first kappa shape index (κ1) is 19.3. The molecule has 2 heterocycles. The zero-order valence-electron chi connectivity index (χ0n) is 13.6. The van der Waals surface area contributed by atoms with E-state index in [-0.39, 0.29) is 46.9 Å². The number of rotatable bonds is 5. The molecule has 0 spiro atoms. The number of carbonyl (C=O) groups excluding carboxylic acids is 1. The molecule has 1 saturated heterocycles. The average Bonchev–Trinajstić information content (AvgIpc) is 3.18. The molecule has 0 unspecified atom stereocenters. The first-order valence-corrected chi connectivity index (χ1v) is 11.1. The Kier molecular flexibility index (Phi) is 5.96. The van der Waals surface area contributed by atoms with Crippen molar-refractivity contribution >= 4 is 39.0 Å². The van der Waals surface area contributed by atoms with Gasteiger partial charge in [-0.2, -0.15) is 4.31 Å². The summed E-state index contributed by atoms with van der Waals surface area (Å²) in [6, 6.07) is 6.34. The van der Waals surface area contributed by atoms with Crippen LogP contribution in [0.4, 0.5) is 8.78 Å². The zero-order valence-corrected chi connectivity index (χ0v) is 16.0. The van der Waals surface area contributed by atoms with Gasteiger partial charge in [0, 0.05) is 31.1 Å². The van der Waals surface area contributed by atoms with Crippen LogP contribution < -0.4 is 0 Å². The first-order valence-electron chi connectivity index (χ1n) is 7.77. The molecular weight excluding hydrogens is 402 g/mol. The minimum Gasteiger partial charge on any atom is -0.339 e. The number of thioether (sulfide) groups is 1. The van der Waals surface area contributed by atoms with Crippen molar-refractivity contribution < 1.29 is 22.0 Å². The molecule has 1 aliphatic rings. The quantitative estimate of drug-likeness (QED) is 0.701. The van der Waals surface area contributed by atoms with Gasteiger partial charge >= 0.3 is 0 Å². The zero-order chi connectivity index (χ0) is 18.7. The molecule has 1 aliphatic heterocycles. The van der Waals surface area contributed by atoms with Crippen LogP contribution in [0.3, 0.4) is 0 Å². The Morgan fingerprint density at radius 1 is 1.15 bits per heavy atom. The molecular formula is C16H16F2N2O3S3. The van der Waals surface area contributed by atoms with Crippen LogP contribution in [0.5, 0.6) is 0 Å². The van der Waals surface area contributed by atoms with Crippen molar-refractivity contribution in [3.05, 3.63) is 47.3 Å². The Morgan fingerprint density at radius 3 is 2.54 bits per heavy atom. The predicted octanol–water partition coefficient (Wildman–Crippen LogP) is 2.65. The smallest absolute Gasteiger partial charge is 0.252 e. The van der Waals surface area contributed by atoms with Crippen molar-refractivity contribution in [2.24, 2.45) is 0 Å². The number of hydrogen-bond acceptors (Lipinski definition) is 5. The number of hydrogen-bond donors (Lipinski definition) is 0. The molecule has 0 aliphatic carbocycles. The summed E-state index contributed by atoms with van der Waals surface area (Å²) >= 11 is 2.09. The number of benzene rings is 1. The fraction of sp³-hybridized carbons (Fsp3) is 0.312. The molecule has 26 heavy (non-hydrogen) atoms. The Bertz CT molecular complexity index is 880. The van der Waals surface area contributed by atoms with E-state index in [1.165, 1.54) is 4.31 Å². The van der Waals surface area contributed by atoms with Gasteiger partial charge in [-0.1, -0.05) is 6.07 Å². The monoisotopic (exact) mass is 418 g/mol. The predicted molar refractivity (Wildman–Crippen MR) is 96.7 cm³/mol. The molecule has 0 bridgehead atoms. The molecule has 1 aromatic heterocycles. The van der Waals surface area contributed by atoms with Gasteiger partial charge < -0.3 is 4.90 Å². The molecule has 10 heteroatoms. The molecule has 1 fully saturated rings. The maximum absolute atomic E-state index is 13.6. The summed E-state index contributed by atoms with van der Waals surface area (Å²) in [6.07, 6.45) is 0. The van der Waals surface area contributed by atoms with Gasteiger partial charge in [0.05, 0.1) is 5.75 Å². The highest BCUT2D eigenvalue weighted by atomic mass is 32.2. The minimum atomic E-state index is -3.52. The van der Waals surface area contributed by atoms with Crippen LogP contribution in [0, 0.1) is 11.6 Å². The van der Waals surface area contributed by atoms with E-state index in [2.05, 4.69) is 0 Å². The Morgan fingerprint density at radius 2 is 1.88 bits per heavy atom. The van der Waals surface area contributed by atoms with Crippen LogP contribution in [0.25, 0.3) is 0 Å². The third-order valence-electron chi connectivity index (χ3n) is 3.92. The summed E-state index contributed by atoms with van der Waals surface area (Å²) in [6.45, 7) is 0.973. The van der Waals surface area contributed by atoms with E-state index in [1.807, 2.05) is 0 Å². The summed E-state index contributed by atoms with van der Waals surface area (Å²) in [5, 5.41) is 1.70. The fourth-order valence-corrected chi connectivity index (χ4v) is 5.96. The summed E-state index contributed by atoms with van der Waals surface area (Å²) in [7, 11) is -3.52. The standard InChI is InChI=1S/C16H16F2N2O3S3/c17-12-3-4-13(18)14(10-12)25-11-15(21)19-5-7-20(8-6-19)26(22,23)16-2-1-9-24-16/h1-4,9-10H,5-8,11H2. The van der Waals surface area contributed by atoms with Crippen molar-refractivity contribution in [2.75, 3.05) is 31.9 Å². The molecule has 0 atom stereocenters. The third kappa shape index (κ3) is 4.25. The van der Waals surface area contributed by atoms with E-state index < -0.39 is 21.7 Å². The first-order chi connectivity index (χ1) is 12.4. The number of carbonyl (C=O) groups is 1. The molecule has 0 radical (unpaired) electrons. The number of thiophene rings is 1. The maximum atomic E-state index is 13.6. The largest absolute Gasteiger partial charge is 0.339 e. The lowest BCUT2D eigenvalue weighted by Crippen LogP contribution is -2.50. The van der Waals surface area contributed by atoms with Crippen LogP contribution in [-0.4, -0.2) is 55.5 Å². The highest BCUT2D eigenvalue weighted by Crippen LogP contribution is 2.24. The average molecular weight is 419 g/mol. The Hall–Kier alpha value is -1.49. The van der Waals surface area contributed by atoms with E-state index in [1.54, 1.807) is 22.4 Å². The van der Waals surface area contributed by atoms with Crippen LogP contribution >= 0.6 is 23.1 Å². The number of sulfonamides is 1. The molecule has 140 valence electrons. The molecule has 5 nitrogen and oxygen atoms in total. The van der Waals surface area contributed by atoms with E-state index in [0.717, 1.165) is 41.3 Å². The molecule has 0 N–H and O–H groups in total. The summed E-state index contributed by atoms with van der Waals surface area (Å²) in [4.78, 5) is 13.9. The van der Waals surface area contributed by atoms with Crippen LogP contribution in [0.1, 0.15) is 0 Å². The van der Waals surface area contributed by atoms with Crippen LogP contribution in [0.15, 0.2) is 44.8 Å². The number of amides is 1. The molecule has 1 amide bonds. The Labute approximate surface area is 158 Å². The van der Waals surface area contributed by atoms with Gasteiger partial charge in [0.15, 0.2) is 0 Å². The molecule has 1 aromatic carbocycles. The van der Waals surface area contributed by atoms with Gasteiger partial charge in [-0.15, -0.1) is 23.1 Å². The fourth-order valence-electron chi connectivity index (χ4n) is 2.53. The summed E-state index contributed by atoms with van der Waals surface area (Å²) < 4.78 is 53.3. The lowest BCUT2D eigenvalue weighted by atomic mass is 10.3. The van der Waals surface area contributed by atoms with Crippen molar-refractivity contribution in [3.63, 3.8) is 0 Å². The number of halogens is 2. The highest BCUT2D eigenvalue weighted by Gasteiger charge is 2.30. The van der Waals surface area contributed by atoms with Crippen molar-refractivity contribution in [2.45, 2.75) is 9.10 Å². The van der Waals surface area contributed by atoms with Gasteiger partial charge in [0.1, 0.15) is 15.8 Å². The number of piperazine rings is 1. The molecule has 3 rings (SSSR count). The minimum absolute atomic E-state index is 0.0297. The van der Waals surface area contributed by atoms with E-state index in [0.29, 0.717) is 0 Å². The number of nitrogens with zero attached hydrogens (tertiary/aromatic N) is 2. The lowest BCUT2D eigenvalue weighted by Gasteiger charge is -2.33.